The maximum Gasteiger partial charge on any atom is 0.158 e. The van der Waals surface area contributed by atoms with Gasteiger partial charge in [-0.15, -0.1) is 0 Å². The highest BCUT2D eigenvalue weighted by Gasteiger charge is 2.10. The lowest BCUT2D eigenvalue weighted by Gasteiger charge is -2.04. The molecule has 2 aromatic rings. The van der Waals surface area contributed by atoms with Crippen LogP contribution in [0.15, 0.2) is 41.0 Å². The van der Waals surface area contributed by atoms with E-state index in [0.717, 1.165) is 17.1 Å². The summed E-state index contributed by atoms with van der Waals surface area (Å²) in [6.45, 7) is 0.141. The maximum atomic E-state index is 10.3. The predicted molar refractivity (Wildman–Crippen MR) is 63.9 cm³/mol. The van der Waals surface area contributed by atoms with Crippen molar-refractivity contribution in [2.45, 2.75) is 0 Å². The van der Waals surface area contributed by atoms with Gasteiger partial charge >= 0.3 is 0 Å². The number of carbonyl (C=O) groups is 1. The molecule has 0 unspecified atom stereocenters. The molecule has 0 spiro atoms. The molecule has 0 atom stereocenters. The average Bonchev–Trinajstić information content (AvgIpc) is 2.78. The van der Waals surface area contributed by atoms with E-state index in [4.69, 9.17) is 9.68 Å². The molecule has 0 aliphatic carbocycles. The fourth-order valence-corrected chi connectivity index (χ4v) is 1.61. The zero-order valence-corrected chi connectivity index (χ0v) is 9.01. The summed E-state index contributed by atoms with van der Waals surface area (Å²) in [5.41, 5.74) is 0.515. The monoisotopic (exact) mass is 226 g/mol. The molecular weight excluding hydrogens is 216 g/mol. The standard InChI is InChI=1S/C13H10N2O2/c14-6-5-12(15-7-8-16)13-11-4-2-1-3-10(11)9-17-13/h1-5,8-9,15H,7H2. The Balaban J connectivity index is 2.46. The number of fused-ring (bicyclic) bond motifs is 1. The molecule has 0 bridgehead atoms. The lowest BCUT2D eigenvalue weighted by molar-refractivity contribution is -0.107. The van der Waals surface area contributed by atoms with E-state index in [-0.39, 0.29) is 6.54 Å². The van der Waals surface area contributed by atoms with Gasteiger partial charge < -0.3 is 14.5 Å². The summed E-state index contributed by atoms with van der Waals surface area (Å²) >= 11 is 0. The van der Waals surface area contributed by atoms with Crippen molar-refractivity contribution >= 4 is 22.8 Å². The fraction of sp³-hybridized carbons (Fsp3) is 0.0769. The Morgan fingerprint density at radius 2 is 2.29 bits per heavy atom. The van der Waals surface area contributed by atoms with Crippen molar-refractivity contribution in [3.05, 3.63) is 42.4 Å². The van der Waals surface area contributed by atoms with Gasteiger partial charge in [0.05, 0.1) is 24.6 Å². The number of carbonyl (C=O) groups excluding carboxylic acids is 1. The second-order valence-electron chi connectivity index (χ2n) is 3.39. The number of furan rings is 1. The van der Waals surface area contributed by atoms with Crippen LogP contribution in [0.5, 0.6) is 0 Å². The molecule has 84 valence electrons. The van der Waals surface area contributed by atoms with E-state index in [9.17, 15) is 4.79 Å². The van der Waals surface area contributed by atoms with Gasteiger partial charge in [-0.05, 0) is 0 Å². The van der Waals surface area contributed by atoms with E-state index >= 15 is 0 Å². The summed E-state index contributed by atoms with van der Waals surface area (Å²) in [5, 5.41) is 13.4. The summed E-state index contributed by atoms with van der Waals surface area (Å²) in [6, 6.07) is 9.56. The van der Waals surface area contributed by atoms with Gasteiger partial charge in [0.25, 0.3) is 0 Å². The molecule has 0 amide bonds. The van der Waals surface area contributed by atoms with Gasteiger partial charge in [0.1, 0.15) is 6.29 Å². The second kappa shape index (κ2) is 4.99. The highest BCUT2D eigenvalue weighted by atomic mass is 16.3. The number of nitrogens with one attached hydrogen (secondary N) is 1. The third-order valence-electron chi connectivity index (χ3n) is 2.34. The Bertz CT molecular complexity index is 605. The Hall–Kier alpha value is -2.54. The maximum absolute atomic E-state index is 10.3. The number of nitrogens with zero attached hydrogens (tertiary/aromatic N) is 1. The molecule has 2 rings (SSSR count). The largest absolute Gasteiger partial charge is 0.461 e. The molecule has 1 heterocycles. The van der Waals surface area contributed by atoms with E-state index in [1.807, 2.05) is 30.3 Å². The number of rotatable bonds is 4. The topological polar surface area (TPSA) is 66.0 Å². The van der Waals surface area contributed by atoms with Crippen LogP contribution in [0.1, 0.15) is 5.76 Å². The first-order chi connectivity index (χ1) is 8.36. The molecule has 0 fully saturated rings. The van der Waals surface area contributed by atoms with Crippen LogP contribution in [0.4, 0.5) is 0 Å². The Kier molecular flexibility index (Phi) is 3.22. The molecule has 0 saturated carbocycles. The number of allylic oxidation sites excluding steroid dienone is 1. The first-order valence-electron chi connectivity index (χ1n) is 5.10. The van der Waals surface area contributed by atoms with E-state index in [1.165, 1.54) is 6.08 Å². The molecule has 1 aromatic carbocycles. The summed E-state index contributed by atoms with van der Waals surface area (Å²) in [4.78, 5) is 10.3. The van der Waals surface area contributed by atoms with Crippen molar-refractivity contribution in [3.63, 3.8) is 0 Å². The molecule has 1 N–H and O–H groups in total. The summed E-state index contributed by atoms with van der Waals surface area (Å²) < 4.78 is 5.43. The minimum atomic E-state index is 0.141. The first-order valence-corrected chi connectivity index (χ1v) is 5.10. The Labute approximate surface area is 98.1 Å². The lowest BCUT2D eigenvalue weighted by atomic mass is 10.1. The van der Waals surface area contributed by atoms with Crippen LogP contribution in [0.25, 0.3) is 16.5 Å². The minimum absolute atomic E-state index is 0.141. The van der Waals surface area contributed by atoms with Crippen LogP contribution in [0.2, 0.25) is 0 Å². The van der Waals surface area contributed by atoms with Crippen LogP contribution in [-0.4, -0.2) is 12.8 Å². The third kappa shape index (κ3) is 2.18. The molecular formula is C13H10N2O2. The quantitative estimate of drug-likeness (QED) is 0.640. The van der Waals surface area contributed by atoms with Gasteiger partial charge in [-0.1, -0.05) is 24.3 Å². The second-order valence-corrected chi connectivity index (χ2v) is 3.39. The predicted octanol–water partition coefficient (Wildman–Crippen LogP) is 2.09. The fourth-order valence-electron chi connectivity index (χ4n) is 1.61. The van der Waals surface area contributed by atoms with Crippen molar-refractivity contribution < 1.29 is 9.21 Å². The molecule has 0 saturated heterocycles. The normalized spacial score (nSPS) is 11.1. The highest BCUT2D eigenvalue weighted by Crippen LogP contribution is 2.25. The number of benzene rings is 1. The molecule has 17 heavy (non-hydrogen) atoms. The van der Waals surface area contributed by atoms with Crippen LogP contribution in [-0.2, 0) is 4.79 Å². The highest BCUT2D eigenvalue weighted by molar-refractivity contribution is 5.91. The van der Waals surface area contributed by atoms with Gasteiger partial charge in [-0.2, -0.15) is 5.26 Å². The van der Waals surface area contributed by atoms with Crippen LogP contribution in [0.3, 0.4) is 0 Å². The van der Waals surface area contributed by atoms with E-state index < -0.39 is 0 Å². The Morgan fingerprint density at radius 1 is 1.47 bits per heavy atom. The van der Waals surface area contributed by atoms with Crippen molar-refractivity contribution in [2.24, 2.45) is 0 Å². The number of hydrogen-bond acceptors (Lipinski definition) is 4. The molecule has 4 nitrogen and oxygen atoms in total. The van der Waals surface area contributed by atoms with E-state index in [0.29, 0.717) is 11.5 Å². The van der Waals surface area contributed by atoms with Crippen molar-refractivity contribution in [2.75, 3.05) is 6.54 Å². The van der Waals surface area contributed by atoms with Gasteiger partial charge in [0.2, 0.25) is 0 Å². The zero-order chi connectivity index (χ0) is 12.1. The molecule has 0 radical (unpaired) electrons. The number of nitriles is 1. The average molecular weight is 226 g/mol. The van der Waals surface area contributed by atoms with Crippen molar-refractivity contribution in [1.29, 1.82) is 5.26 Å². The zero-order valence-electron chi connectivity index (χ0n) is 9.01. The molecule has 0 aliphatic rings. The Morgan fingerprint density at radius 3 is 3.06 bits per heavy atom. The first kappa shape index (κ1) is 11.0. The smallest absolute Gasteiger partial charge is 0.158 e. The number of aldehydes is 1. The van der Waals surface area contributed by atoms with Crippen molar-refractivity contribution in [1.82, 2.24) is 5.32 Å². The van der Waals surface area contributed by atoms with Gasteiger partial charge in [0.15, 0.2) is 5.76 Å². The summed E-state index contributed by atoms with van der Waals surface area (Å²) in [6.07, 6.45) is 3.68. The van der Waals surface area contributed by atoms with E-state index in [2.05, 4.69) is 5.32 Å². The van der Waals surface area contributed by atoms with Gasteiger partial charge in [-0.25, -0.2) is 0 Å². The van der Waals surface area contributed by atoms with Crippen molar-refractivity contribution in [3.8, 4) is 6.07 Å². The van der Waals surface area contributed by atoms with Crippen LogP contribution >= 0.6 is 0 Å². The molecule has 4 heteroatoms. The third-order valence-corrected chi connectivity index (χ3v) is 2.34. The molecule has 0 aliphatic heterocycles. The van der Waals surface area contributed by atoms with Gasteiger partial charge in [-0.3, -0.25) is 0 Å². The van der Waals surface area contributed by atoms with Crippen LogP contribution < -0.4 is 5.32 Å². The molecule has 1 aromatic heterocycles. The van der Waals surface area contributed by atoms with E-state index in [1.54, 1.807) is 6.26 Å². The van der Waals surface area contributed by atoms with Gasteiger partial charge in [0, 0.05) is 16.8 Å². The summed E-state index contributed by atoms with van der Waals surface area (Å²) in [7, 11) is 0. The lowest BCUT2D eigenvalue weighted by Crippen LogP contribution is -2.14. The SMILES string of the molecule is N#CC=C(NCC=O)c1occ2ccccc12. The number of hydrogen-bond donors (Lipinski definition) is 1. The summed E-state index contributed by atoms with van der Waals surface area (Å²) in [5.74, 6) is 0.573. The minimum Gasteiger partial charge on any atom is -0.461 e. The van der Waals surface area contributed by atoms with Crippen LogP contribution in [0, 0.1) is 11.3 Å².